The van der Waals surface area contributed by atoms with Gasteiger partial charge in [-0.15, -0.1) is 0 Å². The van der Waals surface area contributed by atoms with E-state index in [1.807, 2.05) is 0 Å². The fourth-order valence-corrected chi connectivity index (χ4v) is 5.36. The molecule has 1 heterocycles. The largest absolute Gasteiger partial charge is 0.345 e. The number of unbranched alkanes of at least 4 members (excludes halogenated alkanes) is 1. The molecule has 2 bridgehead atoms. The number of hydrogen-bond donors (Lipinski definition) is 1. The van der Waals surface area contributed by atoms with Gasteiger partial charge in [-0.05, 0) is 72.8 Å². The van der Waals surface area contributed by atoms with Crippen LogP contribution in [-0.4, -0.2) is 22.6 Å². The highest BCUT2D eigenvalue weighted by Crippen LogP contribution is 2.52. The predicted molar refractivity (Wildman–Crippen MR) is 108 cm³/mol. The number of hydrogen-bond acceptors (Lipinski definition) is 1. The zero-order chi connectivity index (χ0) is 17.4. The van der Waals surface area contributed by atoms with Crippen molar-refractivity contribution in [1.82, 2.24) is 4.90 Å². The first-order valence-electron chi connectivity index (χ1n) is 9.47. The fraction of sp³-hybridized carbons (Fsp3) is 0.667. The van der Waals surface area contributed by atoms with Crippen LogP contribution in [0.5, 0.6) is 0 Å². The summed E-state index contributed by atoms with van der Waals surface area (Å²) < 4.78 is 0. The maximum absolute atomic E-state index is 5.76. The number of nitrogens with one attached hydrogen (secondary N) is 1. The molecule has 1 aromatic carbocycles. The summed E-state index contributed by atoms with van der Waals surface area (Å²) in [4.78, 5) is 2.45. The third-order valence-corrected chi connectivity index (χ3v) is 6.04. The Morgan fingerprint density at radius 2 is 1.92 bits per heavy atom. The van der Waals surface area contributed by atoms with E-state index in [-0.39, 0.29) is 0 Å². The van der Waals surface area contributed by atoms with E-state index in [1.165, 1.54) is 44.1 Å². The summed E-state index contributed by atoms with van der Waals surface area (Å²) in [5.74, 6) is 0. The lowest BCUT2D eigenvalue weighted by Crippen LogP contribution is -2.39. The van der Waals surface area contributed by atoms with Gasteiger partial charge in [-0.1, -0.05) is 46.2 Å². The van der Waals surface area contributed by atoms with Crippen LogP contribution in [0.1, 0.15) is 65.4 Å². The highest BCUT2D eigenvalue weighted by molar-refractivity contribution is 7.80. The Hall–Kier alpha value is -1.09. The number of aryl methyl sites for hydroxylation is 1. The first kappa shape index (κ1) is 17.7. The third-order valence-electron chi connectivity index (χ3n) is 5.70. The zero-order valence-corrected chi connectivity index (χ0v) is 16.5. The van der Waals surface area contributed by atoms with Gasteiger partial charge in [0.15, 0.2) is 5.11 Å². The van der Waals surface area contributed by atoms with Crippen LogP contribution in [0.15, 0.2) is 24.3 Å². The number of anilines is 1. The number of rotatable bonds is 4. The zero-order valence-electron chi connectivity index (χ0n) is 15.7. The molecule has 3 rings (SSSR count). The molecule has 24 heavy (non-hydrogen) atoms. The topological polar surface area (TPSA) is 15.3 Å². The average Bonchev–Trinajstić information content (AvgIpc) is 2.75. The van der Waals surface area contributed by atoms with Crippen molar-refractivity contribution >= 4 is 23.0 Å². The van der Waals surface area contributed by atoms with Gasteiger partial charge in [-0.2, -0.15) is 0 Å². The molecule has 132 valence electrons. The van der Waals surface area contributed by atoms with E-state index < -0.39 is 0 Å². The normalized spacial score (nSPS) is 28.0. The Balaban J connectivity index is 1.63. The third kappa shape index (κ3) is 3.93. The van der Waals surface area contributed by atoms with Gasteiger partial charge in [0, 0.05) is 18.3 Å². The molecule has 1 aromatic rings. The van der Waals surface area contributed by atoms with Crippen LogP contribution in [0, 0.1) is 10.8 Å². The van der Waals surface area contributed by atoms with Crippen molar-refractivity contribution in [3.63, 3.8) is 0 Å². The summed E-state index contributed by atoms with van der Waals surface area (Å²) in [6.45, 7) is 10.6. The van der Waals surface area contributed by atoms with Gasteiger partial charge < -0.3 is 10.2 Å². The minimum Gasteiger partial charge on any atom is -0.345 e. The van der Waals surface area contributed by atoms with E-state index in [0.717, 1.165) is 17.3 Å². The van der Waals surface area contributed by atoms with Crippen molar-refractivity contribution in [1.29, 1.82) is 0 Å². The molecule has 3 heteroatoms. The second kappa shape index (κ2) is 6.67. The molecule has 0 amide bonds. The summed E-state index contributed by atoms with van der Waals surface area (Å²) in [5, 5.41) is 4.39. The van der Waals surface area contributed by atoms with Crippen LogP contribution >= 0.6 is 12.2 Å². The van der Waals surface area contributed by atoms with Gasteiger partial charge in [-0.3, -0.25) is 0 Å². The summed E-state index contributed by atoms with van der Waals surface area (Å²) in [7, 11) is 0. The molecule has 1 saturated heterocycles. The lowest BCUT2D eigenvalue weighted by atomic mass is 9.65. The van der Waals surface area contributed by atoms with Crippen molar-refractivity contribution in [2.45, 2.75) is 72.3 Å². The summed E-state index contributed by atoms with van der Waals surface area (Å²) in [5.41, 5.74) is 3.39. The highest BCUT2D eigenvalue weighted by Gasteiger charge is 2.50. The van der Waals surface area contributed by atoms with Gasteiger partial charge in [0.1, 0.15) is 0 Å². The Bertz CT molecular complexity index is 592. The average molecular weight is 345 g/mol. The SMILES string of the molecule is CCCCc1ccc(NC(=S)N2C[C@@]3(C)C[C@H]2CC(C)(C)C3)cc1. The van der Waals surface area contributed by atoms with Gasteiger partial charge in [0.2, 0.25) is 0 Å². The van der Waals surface area contributed by atoms with Crippen molar-refractivity contribution in [2.75, 3.05) is 11.9 Å². The van der Waals surface area contributed by atoms with E-state index in [4.69, 9.17) is 12.2 Å². The maximum Gasteiger partial charge on any atom is 0.173 e. The predicted octanol–water partition coefficient (Wildman–Crippen LogP) is 5.63. The lowest BCUT2D eigenvalue weighted by molar-refractivity contribution is 0.132. The van der Waals surface area contributed by atoms with Crippen molar-refractivity contribution in [2.24, 2.45) is 10.8 Å². The highest BCUT2D eigenvalue weighted by atomic mass is 32.1. The first-order chi connectivity index (χ1) is 11.3. The standard InChI is InChI=1S/C21H32N2S/c1-5-6-7-16-8-10-17(11-9-16)22-19(24)23-15-21(4)13-18(23)12-20(2,3)14-21/h8-11,18H,5-7,12-15H2,1-4H3,(H,22,24)/t18-,21+/m1/s1. The van der Waals surface area contributed by atoms with E-state index in [0.29, 0.717) is 16.9 Å². The molecule has 0 radical (unpaired) electrons. The molecule has 1 saturated carbocycles. The maximum atomic E-state index is 5.76. The quantitative estimate of drug-likeness (QED) is 0.713. The summed E-state index contributed by atoms with van der Waals surface area (Å²) in [6.07, 6.45) is 7.52. The minimum atomic E-state index is 0.419. The van der Waals surface area contributed by atoms with Gasteiger partial charge >= 0.3 is 0 Å². The molecular weight excluding hydrogens is 312 g/mol. The summed E-state index contributed by atoms with van der Waals surface area (Å²) >= 11 is 5.76. The van der Waals surface area contributed by atoms with Crippen molar-refractivity contribution in [3.8, 4) is 0 Å². The van der Waals surface area contributed by atoms with Crippen molar-refractivity contribution in [3.05, 3.63) is 29.8 Å². The molecule has 0 unspecified atom stereocenters. The molecule has 1 N–H and O–H groups in total. The Morgan fingerprint density at radius 3 is 2.58 bits per heavy atom. The smallest absolute Gasteiger partial charge is 0.173 e. The van der Waals surface area contributed by atoms with Crippen LogP contribution in [0.3, 0.4) is 0 Å². The van der Waals surface area contributed by atoms with Crippen LogP contribution in [0.25, 0.3) is 0 Å². The molecule has 2 nitrogen and oxygen atoms in total. The van der Waals surface area contributed by atoms with E-state index >= 15 is 0 Å². The lowest BCUT2D eigenvalue weighted by Gasteiger charge is -2.39. The molecule has 2 fully saturated rings. The molecule has 1 aliphatic carbocycles. The Morgan fingerprint density at radius 1 is 1.21 bits per heavy atom. The molecular formula is C21H32N2S. The van der Waals surface area contributed by atoms with Gasteiger partial charge in [0.05, 0.1) is 0 Å². The van der Waals surface area contributed by atoms with Crippen LogP contribution in [-0.2, 0) is 6.42 Å². The number of likely N-dealkylation sites (tertiary alicyclic amines) is 1. The van der Waals surface area contributed by atoms with E-state index in [1.54, 1.807) is 0 Å². The Kier molecular flexibility index (Phi) is 4.92. The van der Waals surface area contributed by atoms with Crippen LogP contribution in [0.4, 0.5) is 5.69 Å². The molecule has 2 aliphatic rings. The van der Waals surface area contributed by atoms with Crippen LogP contribution in [0.2, 0.25) is 0 Å². The number of fused-ring (bicyclic) bond motifs is 2. The van der Waals surface area contributed by atoms with E-state index in [2.05, 4.69) is 62.2 Å². The monoisotopic (exact) mass is 344 g/mol. The van der Waals surface area contributed by atoms with Gasteiger partial charge in [0.25, 0.3) is 0 Å². The number of thiocarbonyl (C=S) groups is 1. The Labute approximate surface area is 153 Å². The summed E-state index contributed by atoms with van der Waals surface area (Å²) in [6, 6.07) is 9.40. The van der Waals surface area contributed by atoms with Crippen molar-refractivity contribution < 1.29 is 0 Å². The van der Waals surface area contributed by atoms with Crippen LogP contribution < -0.4 is 5.32 Å². The molecule has 0 aromatic heterocycles. The minimum absolute atomic E-state index is 0.419. The van der Waals surface area contributed by atoms with Gasteiger partial charge in [-0.25, -0.2) is 0 Å². The number of benzene rings is 1. The fourth-order valence-electron chi connectivity index (χ4n) is 5.03. The number of nitrogens with zero attached hydrogens (tertiary/aromatic N) is 1. The van der Waals surface area contributed by atoms with E-state index in [9.17, 15) is 0 Å². The first-order valence-corrected chi connectivity index (χ1v) is 9.88. The molecule has 1 aliphatic heterocycles. The molecule has 2 atom stereocenters. The second-order valence-electron chi connectivity index (χ2n) is 9.07. The second-order valence-corrected chi connectivity index (χ2v) is 9.46. The molecule has 0 spiro atoms.